The second-order valence-electron chi connectivity index (χ2n) is 4.30. The van der Waals surface area contributed by atoms with E-state index in [0.717, 1.165) is 6.54 Å². The smallest absolute Gasteiger partial charge is 0.327 e. The quantitative estimate of drug-likeness (QED) is 0.796. The molecule has 0 bridgehead atoms. The molecular formula is C12H18N4O3. The predicted molar refractivity (Wildman–Crippen MR) is 69.6 cm³/mol. The molecule has 1 aliphatic rings. The van der Waals surface area contributed by atoms with Crippen molar-refractivity contribution in [2.24, 2.45) is 0 Å². The molecule has 0 saturated carbocycles. The van der Waals surface area contributed by atoms with E-state index >= 15 is 0 Å². The van der Waals surface area contributed by atoms with E-state index in [2.05, 4.69) is 15.3 Å². The number of aryl methyl sites for hydroxylation is 1. The van der Waals surface area contributed by atoms with Gasteiger partial charge in [-0.05, 0) is 13.8 Å². The number of aliphatic carboxylic acids is 1. The van der Waals surface area contributed by atoms with Crippen LogP contribution in [0.4, 0.5) is 5.82 Å². The van der Waals surface area contributed by atoms with Crippen LogP contribution in [-0.2, 0) is 4.79 Å². The fraction of sp³-hybridized carbons (Fsp3) is 0.583. The molecule has 2 heterocycles. The Balaban J connectivity index is 2.30. The highest BCUT2D eigenvalue weighted by atomic mass is 16.5. The Hall–Kier alpha value is -1.89. The lowest BCUT2D eigenvalue weighted by Gasteiger charge is -2.34. The van der Waals surface area contributed by atoms with Crippen LogP contribution in [0.3, 0.4) is 0 Å². The second kappa shape index (κ2) is 5.83. The van der Waals surface area contributed by atoms with Crippen molar-refractivity contribution in [2.45, 2.75) is 19.9 Å². The summed E-state index contributed by atoms with van der Waals surface area (Å²) in [6.45, 7) is 5.89. The van der Waals surface area contributed by atoms with Gasteiger partial charge in [0.25, 0.3) is 0 Å². The largest absolute Gasteiger partial charge is 0.480 e. The van der Waals surface area contributed by atoms with Gasteiger partial charge in [-0.1, -0.05) is 0 Å². The highest BCUT2D eigenvalue weighted by Gasteiger charge is 2.29. The summed E-state index contributed by atoms with van der Waals surface area (Å²) in [5.41, 5.74) is 0. The molecular weight excluding hydrogens is 248 g/mol. The molecule has 0 aromatic carbocycles. The summed E-state index contributed by atoms with van der Waals surface area (Å²) in [7, 11) is 0. The highest BCUT2D eigenvalue weighted by molar-refractivity contribution is 5.78. The van der Waals surface area contributed by atoms with E-state index in [1.165, 1.54) is 0 Å². The molecule has 104 valence electrons. The molecule has 0 aliphatic carbocycles. The number of carboxylic acids is 1. The standard InChI is InChI=1S/C12H18N4O3/c1-3-19-11-6-10(14-8(2)15-11)16-5-4-13-7-9(16)12(17)18/h6,9,13H,3-5,7H2,1-2H3,(H,17,18). The SMILES string of the molecule is CCOc1cc(N2CCNCC2C(=O)O)nc(C)n1. The summed E-state index contributed by atoms with van der Waals surface area (Å²) in [5, 5.41) is 12.3. The van der Waals surface area contributed by atoms with Gasteiger partial charge in [0, 0.05) is 25.7 Å². The lowest BCUT2D eigenvalue weighted by Crippen LogP contribution is -2.55. The van der Waals surface area contributed by atoms with Crippen LogP contribution < -0.4 is 15.0 Å². The minimum absolute atomic E-state index is 0.405. The summed E-state index contributed by atoms with van der Waals surface area (Å²) < 4.78 is 5.37. The number of ether oxygens (including phenoxy) is 1. The number of piperazine rings is 1. The summed E-state index contributed by atoms with van der Waals surface area (Å²) in [5.74, 6) is 0.794. The summed E-state index contributed by atoms with van der Waals surface area (Å²) in [6.07, 6.45) is 0. The van der Waals surface area contributed by atoms with E-state index in [1.807, 2.05) is 6.92 Å². The van der Waals surface area contributed by atoms with Crippen LogP contribution in [0.2, 0.25) is 0 Å². The molecule has 1 saturated heterocycles. The van der Waals surface area contributed by atoms with Crippen LogP contribution >= 0.6 is 0 Å². The van der Waals surface area contributed by atoms with Gasteiger partial charge in [0.15, 0.2) is 0 Å². The monoisotopic (exact) mass is 266 g/mol. The molecule has 1 fully saturated rings. The fourth-order valence-corrected chi connectivity index (χ4v) is 2.09. The first-order valence-corrected chi connectivity index (χ1v) is 6.30. The van der Waals surface area contributed by atoms with Gasteiger partial charge in [-0.2, -0.15) is 4.98 Å². The highest BCUT2D eigenvalue weighted by Crippen LogP contribution is 2.20. The van der Waals surface area contributed by atoms with Gasteiger partial charge in [0.1, 0.15) is 17.7 Å². The number of aromatic nitrogens is 2. The van der Waals surface area contributed by atoms with E-state index in [4.69, 9.17) is 4.74 Å². The number of carboxylic acid groups (broad SMARTS) is 1. The molecule has 2 rings (SSSR count). The second-order valence-corrected chi connectivity index (χ2v) is 4.30. The first kappa shape index (κ1) is 13.5. The van der Waals surface area contributed by atoms with Gasteiger partial charge in [0.2, 0.25) is 5.88 Å². The van der Waals surface area contributed by atoms with Gasteiger partial charge < -0.3 is 20.1 Å². The van der Waals surface area contributed by atoms with Crippen molar-refractivity contribution in [3.05, 3.63) is 11.9 Å². The van der Waals surface area contributed by atoms with E-state index in [-0.39, 0.29) is 0 Å². The molecule has 7 nitrogen and oxygen atoms in total. The number of carbonyl (C=O) groups is 1. The fourth-order valence-electron chi connectivity index (χ4n) is 2.09. The van der Waals surface area contributed by atoms with Crippen LogP contribution in [0.25, 0.3) is 0 Å². The van der Waals surface area contributed by atoms with Crippen molar-refractivity contribution < 1.29 is 14.6 Å². The maximum absolute atomic E-state index is 11.3. The van der Waals surface area contributed by atoms with Crippen molar-refractivity contribution in [3.63, 3.8) is 0 Å². The van der Waals surface area contributed by atoms with Crippen molar-refractivity contribution >= 4 is 11.8 Å². The zero-order valence-corrected chi connectivity index (χ0v) is 11.1. The Bertz CT molecular complexity index is 466. The number of nitrogens with zero attached hydrogens (tertiary/aromatic N) is 3. The number of anilines is 1. The molecule has 1 unspecified atom stereocenters. The van der Waals surface area contributed by atoms with Crippen LogP contribution in [0.15, 0.2) is 6.07 Å². The minimum Gasteiger partial charge on any atom is -0.480 e. The van der Waals surface area contributed by atoms with Crippen LogP contribution in [-0.4, -0.2) is 53.3 Å². The van der Waals surface area contributed by atoms with E-state index in [1.54, 1.807) is 17.9 Å². The van der Waals surface area contributed by atoms with Gasteiger partial charge in [0.05, 0.1) is 6.61 Å². The average molecular weight is 266 g/mol. The van der Waals surface area contributed by atoms with Crippen LogP contribution in [0.1, 0.15) is 12.7 Å². The third-order valence-corrected chi connectivity index (χ3v) is 2.92. The Morgan fingerprint density at radius 3 is 3.11 bits per heavy atom. The Labute approximate surface area is 111 Å². The predicted octanol–water partition coefficient (Wildman–Crippen LogP) is 0.0465. The number of hydrogen-bond acceptors (Lipinski definition) is 6. The van der Waals surface area contributed by atoms with Crippen LogP contribution in [0, 0.1) is 6.92 Å². The molecule has 1 aromatic heterocycles. The lowest BCUT2D eigenvalue weighted by atomic mass is 10.2. The Morgan fingerprint density at radius 2 is 2.42 bits per heavy atom. The van der Waals surface area contributed by atoms with E-state index in [9.17, 15) is 9.90 Å². The number of rotatable bonds is 4. The summed E-state index contributed by atoms with van der Waals surface area (Å²) in [4.78, 5) is 21.5. The minimum atomic E-state index is -0.860. The first-order chi connectivity index (χ1) is 9.11. The third kappa shape index (κ3) is 3.11. The van der Waals surface area contributed by atoms with Gasteiger partial charge >= 0.3 is 5.97 Å². The normalized spacial score (nSPS) is 19.3. The molecule has 0 spiro atoms. The zero-order chi connectivity index (χ0) is 13.8. The molecule has 2 N–H and O–H groups in total. The molecule has 1 aromatic rings. The zero-order valence-electron chi connectivity index (χ0n) is 11.1. The van der Waals surface area contributed by atoms with Gasteiger partial charge in [-0.25, -0.2) is 9.78 Å². The molecule has 7 heteroatoms. The van der Waals surface area contributed by atoms with Crippen LogP contribution in [0.5, 0.6) is 5.88 Å². The van der Waals surface area contributed by atoms with Crippen molar-refractivity contribution in [2.75, 3.05) is 31.1 Å². The van der Waals surface area contributed by atoms with Gasteiger partial charge in [-0.15, -0.1) is 0 Å². The maximum atomic E-state index is 11.3. The summed E-state index contributed by atoms with van der Waals surface area (Å²) >= 11 is 0. The average Bonchev–Trinajstić information content (AvgIpc) is 2.38. The number of nitrogens with one attached hydrogen (secondary N) is 1. The molecule has 0 amide bonds. The molecule has 0 radical (unpaired) electrons. The first-order valence-electron chi connectivity index (χ1n) is 6.30. The molecule has 1 aliphatic heterocycles. The lowest BCUT2D eigenvalue weighted by molar-refractivity contribution is -0.138. The maximum Gasteiger partial charge on any atom is 0.327 e. The Kier molecular flexibility index (Phi) is 4.16. The van der Waals surface area contributed by atoms with Crippen molar-refractivity contribution in [1.29, 1.82) is 0 Å². The van der Waals surface area contributed by atoms with Gasteiger partial charge in [-0.3, -0.25) is 0 Å². The molecule has 19 heavy (non-hydrogen) atoms. The topological polar surface area (TPSA) is 87.6 Å². The summed E-state index contributed by atoms with van der Waals surface area (Å²) in [6, 6.07) is 1.08. The van der Waals surface area contributed by atoms with E-state index < -0.39 is 12.0 Å². The Morgan fingerprint density at radius 1 is 1.63 bits per heavy atom. The molecule has 1 atom stereocenters. The number of hydrogen-bond donors (Lipinski definition) is 2. The third-order valence-electron chi connectivity index (χ3n) is 2.92. The van der Waals surface area contributed by atoms with Crippen molar-refractivity contribution in [3.8, 4) is 5.88 Å². The van der Waals surface area contributed by atoms with E-state index in [0.29, 0.717) is 37.2 Å². The van der Waals surface area contributed by atoms with Crippen molar-refractivity contribution in [1.82, 2.24) is 15.3 Å².